The third-order valence-electron chi connectivity index (χ3n) is 3.14. The van der Waals surface area contributed by atoms with E-state index in [1.807, 2.05) is 0 Å². The van der Waals surface area contributed by atoms with Crippen molar-refractivity contribution in [3.63, 3.8) is 0 Å². The smallest absolute Gasteiger partial charge is 0.0405 e. The average molecular weight is 204 g/mol. The first-order valence-corrected chi connectivity index (χ1v) is 5.75. The van der Waals surface area contributed by atoms with Crippen LogP contribution in [0, 0.1) is 0 Å². The molecule has 1 heterocycles. The monoisotopic (exact) mass is 204 g/mol. The minimum Gasteiger partial charge on any atom is -0.347 e. The highest BCUT2D eigenvalue weighted by Gasteiger charge is 2.19. The molecule has 2 N–H and O–H groups in total. The van der Waals surface area contributed by atoms with E-state index in [-0.39, 0.29) is 6.04 Å². The number of nitrogens with zero attached hydrogens (tertiary/aromatic N) is 1. The maximum atomic E-state index is 6.09. The van der Waals surface area contributed by atoms with Gasteiger partial charge in [0.25, 0.3) is 0 Å². The van der Waals surface area contributed by atoms with Crippen LogP contribution >= 0.6 is 0 Å². The van der Waals surface area contributed by atoms with E-state index in [1.54, 1.807) is 0 Å². The molecule has 1 unspecified atom stereocenters. The predicted octanol–water partition coefficient (Wildman–Crippen LogP) is 2.79. The summed E-state index contributed by atoms with van der Waals surface area (Å²) in [6, 6.07) is 2.46. The molecule has 0 amide bonds. The van der Waals surface area contributed by atoms with Crippen LogP contribution in [0.25, 0.3) is 0 Å². The molecule has 1 aliphatic rings. The van der Waals surface area contributed by atoms with Crippen molar-refractivity contribution < 1.29 is 0 Å². The second-order valence-electron chi connectivity index (χ2n) is 4.65. The van der Waals surface area contributed by atoms with Crippen molar-refractivity contribution in [1.29, 1.82) is 0 Å². The van der Waals surface area contributed by atoms with Gasteiger partial charge >= 0.3 is 0 Å². The van der Waals surface area contributed by atoms with Gasteiger partial charge in [-0.2, -0.15) is 0 Å². The molecule has 15 heavy (non-hydrogen) atoms. The van der Waals surface area contributed by atoms with Gasteiger partial charge in [-0.05, 0) is 44.7 Å². The lowest BCUT2D eigenvalue weighted by molar-refractivity contribution is 0.549. The molecule has 0 aliphatic heterocycles. The van der Waals surface area contributed by atoms with Crippen molar-refractivity contribution in [1.82, 2.24) is 4.57 Å². The normalized spacial score (nSPS) is 19.8. The van der Waals surface area contributed by atoms with Crippen LogP contribution in [-0.2, 0) is 13.0 Å². The van der Waals surface area contributed by atoms with Gasteiger partial charge in [-0.25, -0.2) is 0 Å². The Balaban J connectivity index is 2.23. The fourth-order valence-corrected chi connectivity index (χ4v) is 2.24. The summed E-state index contributed by atoms with van der Waals surface area (Å²) in [6.07, 6.45) is 8.00. The molecule has 2 rings (SSSR count). The molecule has 0 saturated carbocycles. The lowest BCUT2D eigenvalue weighted by Gasteiger charge is -2.20. The lowest BCUT2D eigenvalue weighted by Crippen LogP contribution is -2.18. The van der Waals surface area contributed by atoms with E-state index in [0.717, 1.165) is 13.0 Å². The number of allylic oxidation sites excluding steroid dienone is 2. The van der Waals surface area contributed by atoms with Crippen molar-refractivity contribution in [2.24, 2.45) is 5.73 Å². The molecule has 1 atom stereocenters. The zero-order valence-corrected chi connectivity index (χ0v) is 9.66. The van der Waals surface area contributed by atoms with E-state index in [1.165, 1.54) is 29.7 Å². The summed E-state index contributed by atoms with van der Waals surface area (Å²) in [6.45, 7) is 5.27. The summed E-state index contributed by atoms with van der Waals surface area (Å²) < 4.78 is 2.33. The fourth-order valence-electron chi connectivity index (χ4n) is 2.24. The number of rotatable bonds is 2. The van der Waals surface area contributed by atoms with E-state index in [0.29, 0.717) is 0 Å². The van der Waals surface area contributed by atoms with Crippen LogP contribution < -0.4 is 5.73 Å². The van der Waals surface area contributed by atoms with Crippen molar-refractivity contribution in [3.8, 4) is 0 Å². The molecular weight excluding hydrogens is 184 g/mol. The molecule has 82 valence electrons. The second-order valence-corrected chi connectivity index (χ2v) is 4.65. The van der Waals surface area contributed by atoms with Gasteiger partial charge in [-0.1, -0.05) is 11.6 Å². The van der Waals surface area contributed by atoms with Gasteiger partial charge in [0.15, 0.2) is 0 Å². The Morgan fingerprint density at radius 1 is 1.60 bits per heavy atom. The van der Waals surface area contributed by atoms with Gasteiger partial charge in [0.2, 0.25) is 0 Å². The SMILES string of the molecule is CC(C)=CCn1ccc2c1CCCC2N. The first-order valence-electron chi connectivity index (χ1n) is 5.75. The number of aromatic nitrogens is 1. The van der Waals surface area contributed by atoms with E-state index in [4.69, 9.17) is 5.73 Å². The van der Waals surface area contributed by atoms with Crippen LogP contribution in [-0.4, -0.2) is 4.57 Å². The van der Waals surface area contributed by atoms with Gasteiger partial charge in [-0.15, -0.1) is 0 Å². The third-order valence-corrected chi connectivity index (χ3v) is 3.14. The van der Waals surface area contributed by atoms with Crippen molar-refractivity contribution >= 4 is 0 Å². The Hall–Kier alpha value is -1.02. The largest absolute Gasteiger partial charge is 0.347 e. The van der Waals surface area contributed by atoms with Crippen LogP contribution in [0.2, 0.25) is 0 Å². The summed E-state index contributed by atoms with van der Waals surface area (Å²) >= 11 is 0. The molecule has 0 bridgehead atoms. The Morgan fingerprint density at radius 3 is 3.13 bits per heavy atom. The molecule has 1 aromatic rings. The minimum atomic E-state index is 0.265. The van der Waals surface area contributed by atoms with Gasteiger partial charge < -0.3 is 10.3 Å². The molecule has 0 spiro atoms. The van der Waals surface area contributed by atoms with Crippen LogP contribution in [0.5, 0.6) is 0 Å². The van der Waals surface area contributed by atoms with E-state index in [9.17, 15) is 0 Å². The summed E-state index contributed by atoms with van der Waals surface area (Å²) in [5.74, 6) is 0. The second kappa shape index (κ2) is 4.23. The van der Waals surface area contributed by atoms with Crippen molar-refractivity contribution in [2.75, 3.05) is 0 Å². The summed E-state index contributed by atoms with van der Waals surface area (Å²) in [7, 11) is 0. The molecule has 0 aromatic carbocycles. The molecule has 1 aliphatic carbocycles. The van der Waals surface area contributed by atoms with Crippen LogP contribution in [0.3, 0.4) is 0 Å². The zero-order chi connectivity index (χ0) is 10.8. The summed E-state index contributed by atoms with van der Waals surface area (Å²) in [4.78, 5) is 0. The fraction of sp³-hybridized carbons (Fsp3) is 0.538. The number of fused-ring (bicyclic) bond motifs is 1. The lowest BCUT2D eigenvalue weighted by atomic mass is 9.94. The standard InChI is InChI=1S/C13H20N2/c1-10(2)6-8-15-9-7-11-12(14)4-3-5-13(11)15/h6-7,9,12H,3-5,8,14H2,1-2H3. The first-order chi connectivity index (χ1) is 7.18. The number of hydrogen-bond donors (Lipinski definition) is 1. The molecule has 0 fully saturated rings. The maximum Gasteiger partial charge on any atom is 0.0405 e. The van der Waals surface area contributed by atoms with Crippen molar-refractivity contribution in [3.05, 3.63) is 35.2 Å². The van der Waals surface area contributed by atoms with Gasteiger partial charge in [-0.3, -0.25) is 0 Å². The quantitative estimate of drug-likeness (QED) is 0.738. The van der Waals surface area contributed by atoms with Crippen LogP contribution in [0.1, 0.15) is 44.0 Å². The third kappa shape index (κ3) is 2.15. The summed E-state index contributed by atoms with van der Waals surface area (Å²) in [5.41, 5.74) is 10.3. The van der Waals surface area contributed by atoms with Gasteiger partial charge in [0.05, 0.1) is 0 Å². The van der Waals surface area contributed by atoms with Gasteiger partial charge in [0.1, 0.15) is 0 Å². The molecular formula is C13H20N2. The Morgan fingerprint density at radius 2 is 2.40 bits per heavy atom. The Labute approximate surface area is 91.8 Å². The van der Waals surface area contributed by atoms with Crippen LogP contribution in [0.4, 0.5) is 0 Å². The average Bonchev–Trinajstić information content (AvgIpc) is 2.59. The Kier molecular flexibility index (Phi) is 2.96. The van der Waals surface area contributed by atoms with E-state index < -0.39 is 0 Å². The minimum absolute atomic E-state index is 0.265. The Bertz CT molecular complexity index is 370. The van der Waals surface area contributed by atoms with E-state index in [2.05, 4.69) is 36.8 Å². The first kappa shape index (κ1) is 10.5. The highest BCUT2D eigenvalue weighted by Crippen LogP contribution is 2.28. The molecule has 2 nitrogen and oxygen atoms in total. The van der Waals surface area contributed by atoms with Gasteiger partial charge in [0, 0.05) is 24.5 Å². The number of nitrogens with two attached hydrogens (primary N) is 1. The zero-order valence-electron chi connectivity index (χ0n) is 9.66. The highest BCUT2D eigenvalue weighted by molar-refractivity contribution is 5.28. The highest BCUT2D eigenvalue weighted by atomic mass is 15.0. The number of hydrogen-bond acceptors (Lipinski definition) is 1. The molecule has 1 aromatic heterocycles. The summed E-state index contributed by atoms with van der Waals surface area (Å²) in [5, 5.41) is 0. The van der Waals surface area contributed by atoms with Crippen LogP contribution in [0.15, 0.2) is 23.9 Å². The van der Waals surface area contributed by atoms with Crippen molar-refractivity contribution in [2.45, 2.75) is 45.7 Å². The topological polar surface area (TPSA) is 30.9 Å². The molecule has 2 heteroatoms. The maximum absolute atomic E-state index is 6.09. The predicted molar refractivity (Wildman–Crippen MR) is 63.7 cm³/mol. The van der Waals surface area contributed by atoms with E-state index >= 15 is 0 Å². The molecule has 0 radical (unpaired) electrons. The molecule has 0 saturated heterocycles.